The number of hydrogen-bond donors (Lipinski definition) is 2. The Kier molecular flexibility index (Phi) is 5.59. The number of hydrogen-bond acceptors (Lipinski definition) is 6. The third-order valence-corrected chi connectivity index (χ3v) is 2.93. The molecule has 3 N–H and O–H groups in total. The topological polar surface area (TPSA) is 125 Å². The highest BCUT2D eigenvalue weighted by atomic mass is 79.9. The summed E-state index contributed by atoms with van der Waals surface area (Å²) in [6.45, 7) is 1.68. The highest BCUT2D eigenvalue weighted by molar-refractivity contribution is 9.10. The van der Waals surface area contributed by atoms with Gasteiger partial charge in [0.2, 0.25) is 0 Å². The Morgan fingerprint density at radius 1 is 1.55 bits per heavy atom. The molecule has 0 aliphatic rings. The molecule has 1 unspecified atom stereocenters. The SMILES string of the molecule is CCOC(=O)C(N)C(=O)Nc1cc([N+](=O)[O-])ccc1Br. The second kappa shape index (κ2) is 6.96. The number of nitrogens with one attached hydrogen (secondary N) is 1. The van der Waals surface area contributed by atoms with Crippen LogP contribution < -0.4 is 11.1 Å². The number of ether oxygens (including phenoxy) is 1. The largest absolute Gasteiger partial charge is 0.464 e. The van der Waals surface area contributed by atoms with Crippen molar-refractivity contribution < 1.29 is 19.2 Å². The molecule has 0 fully saturated rings. The number of amides is 1. The first-order chi connectivity index (χ1) is 9.36. The number of carbonyl (C=O) groups is 2. The fourth-order valence-corrected chi connectivity index (χ4v) is 1.62. The molecule has 1 atom stereocenters. The van der Waals surface area contributed by atoms with Gasteiger partial charge >= 0.3 is 5.97 Å². The lowest BCUT2D eigenvalue weighted by molar-refractivity contribution is -0.384. The second-order valence-electron chi connectivity index (χ2n) is 3.64. The molecule has 0 radical (unpaired) electrons. The summed E-state index contributed by atoms with van der Waals surface area (Å²) in [6, 6.07) is 2.33. The number of carbonyl (C=O) groups excluding carboxylic acids is 2. The standard InChI is InChI=1S/C11H12BrN3O5/c1-2-20-11(17)9(13)10(16)14-8-5-6(15(18)19)3-4-7(8)12/h3-5,9H,2,13H2,1H3,(H,14,16). The van der Waals surface area contributed by atoms with Crippen LogP contribution in [-0.4, -0.2) is 29.4 Å². The van der Waals surface area contributed by atoms with Crippen molar-refractivity contribution in [2.45, 2.75) is 13.0 Å². The minimum atomic E-state index is -1.50. The summed E-state index contributed by atoms with van der Waals surface area (Å²) in [4.78, 5) is 33.1. The zero-order chi connectivity index (χ0) is 15.3. The average molecular weight is 346 g/mol. The maximum Gasteiger partial charge on any atom is 0.332 e. The number of nitrogens with zero attached hydrogens (tertiary/aromatic N) is 1. The molecule has 0 aromatic heterocycles. The van der Waals surface area contributed by atoms with E-state index in [2.05, 4.69) is 26.0 Å². The molecule has 1 rings (SSSR count). The van der Waals surface area contributed by atoms with Gasteiger partial charge in [0.1, 0.15) is 0 Å². The average Bonchev–Trinajstić information content (AvgIpc) is 2.40. The van der Waals surface area contributed by atoms with Crippen molar-refractivity contribution >= 4 is 39.2 Å². The van der Waals surface area contributed by atoms with Crippen LogP contribution in [0.4, 0.5) is 11.4 Å². The van der Waals surface area contributed by atoms with E-state index in [9.17, 15) is 19.7 Å². The lowest BCUT2D eigenvalue weighted by atomic mass is 10.2. The van der Waals surface area contributed by atoms with E-state index in [0.29, 0.717) is 4.47 Å². The predicted molar refractivity (Wildman–Crippen MR) is 74.0 cm³/mol. The maximum absolute atomic E-state index is 11.7. The van der Waals surface area contributed by atoms with Gasteiger partial charge in [-0.15, -0.1) is 0 Å². The van der Waals surface area contributed by atoms with Gasteiger partial charge < -0.3 is 15.8 Å². The first-order valence-electron chi connectivity index (χ1n) is 5.53. The quantitative estimate of drug-likeness (QED) is 0.357. The third-order valence-electron chi connectivity index (χ3n) is 2.24. The Hall–Kier alpha value is -2.00. The fourth-order valence-electron chi connectivity index (χ4n) is 1.27. The molecule has 0 saturated carbocycles. The van der Waals surface area contributed by atoms with Crippen LogP contribution in [0, 0.1) is 10.1 Å². The summed E-state index contributed by atoms with van der Waals surface area (Å²) in [6.07, 6.45) is 0. The predicted octanol–water partition coefficient (Wildman–Crippen LogP) is 1.19. The number of nitro groups is 1. The van der Waals surface area contributed by atoms with Crippen molar-refractivity contribution in [2.75, 3.05) is 11.9 Å². The zero-order valence-corrected chi connectivity index (χ0v) is 12.0. The Balaban J connectivity index is 2.87. The molecule has 0 spiro atoms. The summed E-state index contributed by atoms with van der Waals surface area (Å²) in [5.41, 5.74) is 5.35. The Morgan fingerprint density at radius 3 is 2.75 bits per heavy atom. The van der Waals surface area contributed by atoms with E-state index in [-0.39, 0.29) is 18.0 Å². The van der Waals surface area contributed by atoms with Gasteiger partial charge in [-0.05, 0) is 28.9 Å². The Bertz CT molecular complexity index is 549. The molecular weight excluding hydrogens is 334 g/mol. The number of rotatable bonds is 5. The van der Waals surface area contributed by atoms with Crippen molar-refractivity contribution in [1.82, 2.24) is 0 Å². The van der Waals surface area contributed by atoms with Crippen LogP contribution in [0.3, 0.4) is 0 Å². The molecule has 0 heterocycles. The van der Waals surface area contributed by atoms with Gasteiger partial charge in [0.25, 0.3) is 11.6 Å². The lowest BCUT2D eigenvalue weighted by Gasteiger charge is -2.12. The molecule has 1 aromatic carbocycles. The van der Waals surface area contributed by atoms with Crippen LogP contribution in [0.2, 0.25) is 0 Å². The molecule has 8 nitrogen and oxygen atoms in total. The molecule has 0 saturated heterocycles. The summed E-state index contributed by atoms with van der Waals surface area (Å²) in [5, 5.41) is 13.0. The number of esters is 1. The van der Waals surface area contributed by atoms with Crippen molar-refractivity contribution in [2.24, 2.45) is 5.73 Å². The first-order valence-corrected chi connectivity index (χ1v) is 6.33. The van der Waals surface area contributed by atoms with Gasteiger partial charge in [-0.2, -0.15) is 0 Å². The molecular formula is C11H12BrN3O5. The number of anilines is 1. The number of benzene rings is 1. The number of nitrogens with two attached hydrogens (primary N) is 1. The van der Waals surface area contributed by atoms with Crippen LogP contribution in [0.5, 0.6) is 0 Å². The second-order valence-corrected chi connectivity index (χ2v) is 4.49. The van der Waals surface area contributed by atoms with E-state index in [0.717, 1.165) is 6.07 Å². The van der Waals surface area contributed by atoms with E-state index < -0.39 is 22.8 Å². The van der Waals surface area contributed by atoms with Crippen molar-refractivity contribution in [3.63, 3.8) is 0 Å². The van der Waals surface area contributed by atoms with Crippen LogP contribution >= 0.6 is 15.9 Å². The summed E-state index contributed by atoms with van der Waals surface area (Å²) in [7, 11) is 0. The molecule has 1 aromatic rings. The highest BCUT2D eigenvalue weighted by Gasteiger charge is 2.24. The van der Waals surface area contributed by atoms with Crippen LogP contribution in [-0.2, 0) is 14.3 Å². The smallest absolute Gasteiger partial charge is 0.332 e. The van der Waals surface area contributed by atoms with Gasteiger partial charge in [-0.25, -0.2) is 4.79 Å². The lowest BCUT2D eigenvalue weighted by Crippen LogP contribution is -2.43. The number of non-ortho nitro benzene ring substituents is 1. The van der Waals surface area contributed by atoms with Crippen molar-refractivity contribution in [3.8, 4) is 0 Å². The van der Waals surface area contributed by atoms with E-state index in [1.165, 1.54) is 12.1 Å². The van der Waals surface area contributed by atoms with Gasteiger partial charge in [-0.3, -0.25) is 14.9 Å². The zero-order valence-electron chi connectivity index (χ0n) is 10.5. The van der Waals surface area contributed by atoms with Crippen LogP contribution in [0.1, 0.15) is 6.92 Å². The molecule has 9 heteroatoms. The molecule has 0 aliphatic heterocycles. The molecule has 0 bridgehead atoms. The van der Waals surface area contributed by atoms with Crippen molar-refractivity contribution in [3.05, 3.63) is 32.8 Å². The van der Waals surface area contributed by atoms with E-state index in [4.69, 9.17) is 5.73 Å². The highest BCUT2D eigenvalue weighted by Crippen LogP contribution is 2.27. The van der Waals surface area contributed by atoms with Crippen molar-refractivity contribution in [1.29, 1.82) is 0 Å². The normalized spacial score (nSPS) is 11.6. The molecule has 0 aliphatic carbocycles. The summed E-state index contributed by atoms with van der Waals surface area (Å²) < 4.78 is 5.03. The van der Waals surface area contributed by atoms with Gasteiger partial charge in [0.15, 0.2) is 6.04 Å². The Labute approximate surface area is 122 Å². The van der Waals surface area contributed by atoms with Crippen LogP contribution in [0.15, 0.2) is 22.7 Å². The van der Waals surface area contributed by atoms with Gasteiger partial charge in [0.05, 0.1) is 17.2 Å². The molecule has 20 heavy (non-hydrogen) atoms. The van der Waals surface area contributed by atoms with Crippen LogP contribution in [0.25, 0.3) is 0 Å². The monoisotopic (exact) mass is 345 g/mol. The molecule has 1 amide bonds. The molecule has 108 valence electrons. The minimum absolute atomic E-state index is 0.0975. The number of halogens is 1. The number of nitro benzene ring substituents is 1. The minimum Gasteiger partial charge on any atom is -0.464 e. The fraction of sp³-hybridized carbons (Fsp3) is 0.273. The summed E-state index contributed by atoms with van der Waals surface area (Å²) >= 11 is 3.13. The maximum atomic E-state index is 11.7. The van der Waals surface area contributed by atoms with Gasteiger partial charge in [0, 0.05) is 16.6 Å². The van der Waals surface area contributed by atoms with Gasteiger partial charge in [-0.1, -0.05) is 0 Å². The first kappa shape index (κ1) is 16.1. The third kappa shape index (κ3) is 4.00. The van der Waals surface area contributed by atoms with E-state index in [1.807, 2.05) is 0 Å². The van der Waals surface area contributed by atoms with E-state index >= 15 is 0 Å². The Morgan fingerprint density at radius 2 is 2.20 bits per heavy atom. The van der Waals surface area contributed by atoms with E-state index in [1.54, 1.807) is 6.92 Å². The summed E-state index contributed by atoms with van der Waals surface area (Å²) in [5.74, 6) is -1.68.